The molecule has 2 aliphatic rings. The Morgan fingerprint density at radius 1 is 1.15 bits per heavy atom. The Hall–Kier alpha value is -1.40. The zero-order valence-corrected chi connectivity index (χ0v) is 16.5. The largest absolute Gasteiger partial charge is 0.396 e. The van der Waals surface area contributed by atoms with Crippen molar-refractivity contribution in [2.24, 2.45) is 5.92 Å². The first-order valence-corrected chi connectivity index (χ1v) is 10.8. The summed E-state index contributed by atoms with van der Waals surface area (Å²) in [5, 5.41) is 25.0. The SMILES string of the molecule is CC(=N)c1cc(C(=O)NC2CCC(CO)CC2)sc1NC1CCCCC1. The highest BCUT2D eigenvalue weighted by molar-refractivity contribution is 7.18. The highest BCUT2D eigenvalue weighted by Gasteiger charge is 2.24. The van der Waals surface area contributed by atoms with Gasteiger partial charge in [0.15, 0.2) is 0 Å². The van der Waals surface area contributed by atoms with E-state index in [4.69, 9.17) is 5.41 Å². The molecule has 0 radical (unpaired) electrons. The van der Waals surface area contributed by atoms with Crippen LogP contribution in [0.1, 0.15) is 79.9 Å². The quantitative estimate of drug-likeness (QED) is 0.562. The van der Waals surface area contributed by atoms with Gasteiger partial charge >= 0.3 is 0 Å². The second-order valence-electron chi connectivity index (χ2n) is 7.83. The van der Waals surface area contributed by atoms with Crippen LogP contribution >= 0.6 is 11.3 Å². The number of amides is 1. The molecule has 2 saturated carbocycles. The lowest BCUT2D eigenvalue weighted by atomic mass is 9.86. The number of carbonyl (C=O) groups excluding carboxylic acids is 1. The summed E-state index contributed by atoms with van der Waals surface area (Å²) in [5.74, 6) is 0.366. The number of rotatable bonds is 6. The van der Waals surface area contributed by atoms with E-state index in [1.54, 1.807) is 6.92 Å². The zero-order valence-electron chi connectivity index (χ0n) is 15.6. The van der Waals surface area contributed by atoms with Gasteiger partial charge in [0, 0.05) is 30.0 Å². The van der Waals surface area contributed by atoms with Gasteiger partial charge in [-0.3, -0.25) is 4.79 Å². The third-order valence-corrected chi connectivity index (χ3v) is 6.81. The Kier molecular flexibility index (Phi) is 6.70. The molecule has 2 fully saturated rings. The smallest absolute Gasteiger partial charge is 0.261 e. The molecule has 0 aliphatic heterocycles. The highest BCUT2D eigenvalue weighted by Crippen LogP contribution is 2.32. The van der Waals surface area contributed by atoms with Crippen LogP contribution in [0.2, 0.25) is 0 Å². The number of thiophene rings is 1. The summed E-state index contributed by atoms with van der Waals surface area (Å²) in [7, 11) is 0. The number of anilines is 1. The first-order chi connectivity index (χ1) is 12.6. The molecule has 0 aromatic carbocycles. The number of carbonyl (C=O) groups is 1. The molecule has 2 aliphatic carbocycles. The van der Waals surface area contributed by atoms with Crippen molar-refractivity contribution in [1.29, 1.82) is 5.41 Å². The molecule has 0 saturated heterocycles. The Balaban J connectivity index is 1.64. The van der Waals surface area contributed by atoms with Gasteiger partial charge in [0.2, 0.25) is 0 Å². The van der Waals surface area contributed by atoms with E-state index in [0.717, 1.165) is 36.2 Å². The average Bonchev–Trinajstić information content (AvgIpc) is 3.07. The summed E-state index contributed by atoms with van der Waals surface area (Å²) in [6.07, 6.45) is 9.99. The fourth-order valence-corrected chi connectivity index (χ4v) is 5.16. The topological polar surface area (TPSA) is 85.2 Å². The van der Waals surface area contributed by atoms with Crippen molar-refractivity contribution in [2.45, 2.75) is 76.8 Å². The predicted octanol–water partition coefficient (Wildman–Crippen LogP) is 4.16. The van der Waals surface area contributed by atoms with Gasteiger partial charge < -0.3 is 21.1 Å². The maximum absolute atomic E-state index is 12.7. The Labute approximate surface area is 160 Å². The lowest BCUT2D eigenvalue weighted by Crippen LogP contribution is -2.37. The molecule has 5 nitrogen and oxygen atoms in total. The number of nitrogens with one attached hydrogen (secondary N) is 3. The Morgan fingerprint density at radius 2 is 1.85 bits per heavy atom. The number of aliphatic hydroxyl groups is 1. The van der Waals surface area contributed by atoms with Crippen LogP contribution in [-0.4, -0.2) is 35.4 Å². The van der Waals surface area contributed by atoms with Gasteiger partial charge in [0.25, 0.3) is 5.91 Å². The lowest BCUT2D eigenvalue weighted by Gasteiger charge is -2.27. The van der Waals surface area contributed by atoms with Gasteiger partial charge in [-0.1, -0.05) is 19.3 Å². The third kappa shape index (κ3) is 4.86. The molecule has 144 valence electrons. The van der Waals surface area contributed by atoms with Crippen molar-refractivity contribution >= 4 is 28.0 Å². The standard InChI is InChI=1S/C20H31N3O2S/c1-13(21)17-11-18(26-20(17)23-15-5-3-2-4-6-15)19(25)22-16-9-7-14(12-24)8-10-16/h11,14-16,21,23-24H,2-10,12H2,1H3,(H,22,25). The van der Waals surface area contributed by atoms with E-state index in [9.17, 15) is 9.90 Å². The second kappa shape index (κ2) is 9.00. The van der Waals surface area contributed by atoms with Crippen molar-refractivity contribution in [2.75, 3.05) is 11.9 Å². The Morgan fingerprint density at radius 3 is 2.46 bits per heavy atom. The average molecular weight is 378 g/mol. The minimum Gasteiger partial charge on any atom is -0.396 e. The molecular weight excluding hydrogens is 346 g/mol. The molecule has 1 aromatic rings. The van der Waals surface area contributed by atoms with Crippen LogP contribution in [0.3, 0.4) is 0 Å². The minimum atomic E-state index is -0.0263. The highest BCUT2D eigenvalue weighted by atomic mass is 32.1. The number of hydrogen-bond acceptors (Lipinski definition) is 5. The predicted molar refractivity (Wildman–Crippen MR) is 108 cm³/mol. The molecule has 6 heteroatoms. The van der Waals surface area contributed by atoms with Gasteiger partial charge in [0.05, 0.1) is 9.88 Å². The van der Waals surface area contributed by atoms with E-state index in [0.29, 0.717) is 22.5 Å². The normalized spacial score (nSPS) is 24.2. The first-order valence-electron chi connectivity index (χ1n) is 9.94. The summed E-state index contributed by atoms with van der Waals surface area (Å²) in [6, 6.07) is 2.53. The van der Waals surface area contributed by atoms with Crippen molar-refractivity contribution in [3.63, 3.8) is 0 Å². The third-order valence-electron chi connectivity index (χ3n) is 5.74. The summed E-state index contributed by atoms with van der Waals surface area (Å²) in [4.78, 5) is 13.4. The van der Waals surface area contributed by atoms with E-state index >= 15 is 0 Å². The van der Waals surface area contributed by atoms with E-state index in [-0.39, 0.29) is 18.6 Å². The number of hydrogen-bond donors (Lipinski definition) is 4. The summed E-state index contributed by atoms with van der Waals surface area (Å²) in [5.41, 5.74) is 1.36. The Bertz CT molecular complexity index is 629. The molecular formula is C20H31N3O2S. The molecule has 1 heterocycles. The molecule has 1 aromatic heterocycles. The van der Waals surface area contributed by atoms with Crippen LogP contribution in [0, 0.1) is 11.3 Å². The molecule has 0 unspecified atom stereocenters. The lowest BCUT2D eigenvalue weighted by molar-refractivity contribution is 0.0918. The monoisotopic (exact) mass is 377 g/mol. The van der Waals surface area contributed by atoms with E-state index in [2.05, 4.69) is 10.6 Å². The van der Waals surface area contributed by atoms with Crippen molar-refractivity contribution in [3.8, 4) is 0 Å². The van der Waals surface area contributed by atoms with Crippen LogP contribution < -0.4 is 10.6 Å². The summed E-state index contributed by atoms with van der Waals surface area (Å²) >= 11 is 1.48. The molecule has 1 amide bonds. The van der Waals surface area contributed by atoms with Crippen LogP contribution in [-0.2, 0) is 0 Å². The molecule has 26 heavy (non-hydrogen) atoms. The van der Waals surface area contributed by atoms with Crippen LogP contribution in [0.5, 0.6) is 0 Å². The first kappa shape index (κ1) is 19.4. The van der Waals surface area contributed by atoms with Crippen LogP contribution in [0.25, 0.3) is 0 Å². The maximum Gasteiger partial charge on any atom is 0.261 e. The van der Waals surface area contributed by atoms with Gasteiger partial charge in [-0.05, 0) is 57.4 Å². The van der Waals surface area contributed by atoms with E-state index in [1.165, 1.54) is 43.4 Å². The van der Waals surface area contributed by atoms with Gasteiger partial charge in [-0.2, -0.15) is 0 Å². The van der Waals surface area contributed by atoms with Crippen molar-refractivity contribution in [3.05, 3.63) is 16.5 Å². The van der Waals surface area contributed by atoms with Crippen LogP contribution in [0.15, 0.2) is 6.07 Å². The minimum absolute atomic E-state index is 0.0263. The maximum atomic E-state index is 12.7. The van der Waals surface area contributed by atoms with Crippen molar-refractivity contribution in [1.82, 2.24) is 5.32 Å². The molecule has 0 atom stereocenters. The van der Waals surface area contributed by atoms with E-state index in [1.807, 2.05) is 6.07 Å². The summed E-state index contributed by atoms with van der Waals surface area (Å²) in [6.45, 7) is 2.04. The van der Waals surface area contributed by atoms with Gasteiger partial charge in [-0.15, -0.1) is 11.3 Å². The van der Waals surface area contributed by atoms with Gasteiger partial charge in [-0.25, -0.2) is 0 Å². The summed E-state index contributed by atoms with van der Waals surface area (Å²) < 4.78 is 0. The fraction of sp³-hybridized carbons (Fsp3) is 0.700. The molecule has 0 bridgehead atoms. The van der Waals surface area contributed by atoms with Crippen LogP contribution in [0.4, 0.5) is 5.00 Å². The van der Waals surface area contributed by atoms with E-state index < -0.39 is 0 Å². The van der Waals surface area contributed by atoms with Gasteiger partial charge in [0.1, 0.15) is 0 Å². The second-order valence-corrected chi connectivity index (χ2v) is 8.88. The zero-order chi connectivity index (χ0) is 18.5. The molecule has 3 rings (SSSR count). The fourth-order valence-electron chi connectivity index (χ4n) is 4.07. The molecule has 0 spiro atoms. The molecule has 4 N–H and O–H groups in total. The van der Waals surface area contributed by atoms with Crippen molar-refractivity contribution < 1.29 is 9.90 Å². The number of aliphatic hydroxyl groups excluding tert-OH is 1.